The summed E-state index contributed by atoms with van der Waals surface area (Å²) in [6, 6.07) is -0.586. The summed E-state index contributed by atoms with van der Waals surface area (Å²) in [6.45, 7) is 1.08. The molecule has 74 valence electrons. The van der Waals surface area contributed by atoms with Gasteiger partial charge in [-0.25, -0.2) is 0 Å². The van der Waals surface area contributed by atoms with Gasteiger partial charge in [0, 0.05) is 6.61 Å². The van der Waals surface area contributed by atoms with Gasteiger partial charge >= 0.3 is 0 Å². The maximum atomic E-state index is 9.26. The molecule has 0 aliphatic rings. The minimum Gasteiger partial charge on any atom is -0.396 e. The van der Waals surface area contributed by atoms with Crippen molar-refractivity contribution in [1.82, 2.24) is 5.32 Å². The molecule has 3 unspecified atom stereocenters. The number of hydrogen-bond donors (Lipinski definition) is 5. The van der Waals surface area contributed by atoms with Crippen molar-refractivity contribution in [3.8, 4) is 0 Å². The largest absolute Gasteiger partial charge is 0.396 e. The van der Waals surface area contributed by atoms with Gasteiger partial charge in [-0.3, -0.25) is 5.32 Å². The lowest BCUT2D eigenvalue weighted by atomic mass is 10.1. The molecule has 5 nitrogen and oxygen atoms in total. The summed E-state index contributed by atoms with van der Waals surface area (Å²) in [4.78, 5) is 0. The highest BCUT2D eigenvalue weighted by Crippen LogP contribution is 1.98. The van der Waals surface area contributed by atoms with Crippen molar-refractivity contribution >= 4 is 0 Å². The number of nitrogens with one attached hydrogen (secondary N) is 1. The van der Waals surface area contributed by atoms with Gasteiger partial charge in [-0.2, -0.15) is 0 Å². The molecule has 0 amide bonds. The number of aliphatic hydroxyl groups excluding tert-OH is 4. The van der Waals surface area contributed by atoms with Crippen molar-refractivity contribution in [2.45, 2.75) is 31.7 Å². The van der Waals surface area contributed by atoms with E-state index in [-0.39, 0.29) is 19.6 Å². The Bertz CT molecular complexity index is 110. The molecule has 0 aromatic carbocycles. The van der Waals surface area contributed by atoms with Crippen molar-refractivity contribution in [3.63, 3.8) is 0 Å². The first-order valence-electron chi connectivity index (χ1n) is 3.95. The third-order valence-electron chi connectivity index (χ3n) is 1.54. The first-order valence-corrected chi connectivity index (χ1v) is 3.95. The lowest BCUT2D eigenvalue weighted by Gasteiger charge is -2.23. The van der Waals surface area contributed by atoms with Gasteiger partial charge in [-0.15, -0.1) is 0 Å². The predicted molar refractivity (Wildman–Crippen MR) is 43.4 cm³/mol. The summed E-state index contributed by atoms with van der Waals surface area (Å²) in [5, 5.41) is 37.9. The van der Waals surface area contributed by atoms with Gasteiger partial charge in [-0.05, 0) is 13.3 Å². The molecule has 0 saturated carbocycles. The average Bonchev–Trinajstić information content (AvgIpc) is 2.00. The average molecular weight is 179 g/mol. The van der Waals surface area contributed by atoms with Crippen LogP contribution in [-0.4, -0.2) is 52.0 Å². The zero-order valence-electron chi connectivity index (χ0n) is 7.14. The van der Waals surface area contributed by atoms with Gasteiger partial charge in [0.2, 0.25) is 0 Å². The molecular formula is C7H17NO4. The Kier molecular flexibility index (Phi) is 6.23. The molecule has 0 heterocycles. The fraction of sp³-hybridized carbons (Fsp3) is 1.00. The van der Waals surface area contributed by atoms with Crippen LogP contribution in [0.15, 0.2) is 0 Å². The van der Waals surface area contributed by atoms with E-state index in [9.17, 15) is 5.11 Å². The Morgan fingerprint density at radius 1 is 1.25 bits per heavy atom. The van der Waals surface area contributed by atoms with Gasteiger partial charge < -0.3 is 20.4 Å². The summed E-state index contributed by atoms with van der Waals surface area (Å²) in [5.74, 6) is 0. The smallest absolute Gasteiger partial charge is 0.102 e. The van der Waals surface area contributed by atoms with Crippen LogP contribution in [0.4, 0.5) is 0 Å². The summed E-state index contributed by atoms with van der Waals surface area (Å²) in [6.07, 6.45) is -1.43. The first kappa shape index (κ1) is 11.8. The molecule has 0 aliphatic carbocycles. The molecule has 0 fully saturated rings. The van der Waals surface area contributed by atoms with Gasteiger partial charge in [0.15, 0.2) is 0 Å². The fourth-order valence-corrected chi connectivity index (χ4v) is 0.929. The minimum atomic E-state index is -0.838. The molecule has 12 heavy (non-hydrogen) atoms. The van der Waals surface area contributed by atoms with Crippen LogP contribution >= 0.6 is 0 Å². The summed E-state index contributed by atoms with van der Waals surface area (Å²) >= 11 is 0. The van der Waals surface area contributed by atoms with Crippen molar-refractivity contribution in [2.24, 2.45) is 0 Å². The molecule has 0 aromatic rings. The first-order chi connectivity index (χ1) is 5.61. The van der Waals surface area contributed by atoms with Crippen LogP contribution in [0.5, 0.6) is 0 Å². The molecule has 0 radical (unpaired) electrons. The summed E-state index contributed by atoms with van der Waals surface area (Å²) in [7, 11) is 0. The van der Waals surface area contributed by atoms with Gasteiger partial charge in [0.1, 0.15) is 6.23 Å². The number of hydrogen-bond acceptors (Lipinski definition) is 5. The highest BCUT2D eigenvalue weighted by atomic mass is 16.3. The maximum absolute atomic E-state index is 9.26. The van der Waals surface area contributed by atoms with Crippen molar-refractivity contribution < 1.29 is 20.4 Å². The van der Waals surface area contributed by atoms with Crippen LogP contribution in [0, 0.1) is 0 Å². The van der Waals surface area contributed by atoms with Crippen molar-refractivity contribution in [2.75, 3.05) is 13.2 Å². The van der Waals surface area contributed by atoms with Crippen molar-refractivity contribution in [1.29, 1.82) is 0 Å². The predicted octanol–water partition coefficient (Wildman–Crippen LogP) is -1.98. The Balaban J connectivity index is 3.78. The van der Waals surface area contributed by atoms with Crippen LogP contribution in [0.2, 0.25) is 0 Å². The topological polar surface area (TPSA) is 93.0 Å². The second kappa shape index (κ2) is 6.33. The van der Waals surface area contributed by atoms with E-state index in [1.54, 1.807) is 0 Å². The van der Waals surface area contributed by atoms with E-state index in [4.69, 9.17) is 15.3 Å². The second-order valence-electron chi connectivity index (χ2n) is 2.71. The zero-order chi connectivity index (χ0) is 9.56. The Morgan fingerprint density at radius 3 is 2.17 bits per heavy atom. The molecule has 0 saturated heterocycles. The van der Waals surface area contributed by atoms with Crippen LogP contribution in [0.25, 0.3) is 0 Å². The van der Waals surface area contributed by atoms with E-state index < -0.39 is 18.4 Å². The number of aliphatic hydroxyl groups is 4. The van der Waals surface area contributed by atoms with E-state index >= 15 is 0 Å². The van der Waals surface area contributed by atoms with E-state index in [0.29, 0.717) is 0 Å². The summed E-state index contributed by atoms with van der Waals surface area (Å²) in [5.41, 5.74) is 0. The van der Waals surface area contributed by atoms with Crippen LogP contribution in [0.3, 0.4) is 0 Å². The van der Waals surface area contributed by atoms with Gasteiger partial charge in [0.25, 0.3) is 0 Å². The summed E-state index contributed by atoms with van der Waals surface area (Å²) < 4.78 is 0. The highest BCUT2D eigenvalue weighted by Gasteiger charge is 2.18. The van der Waals surface area contributed by atoms with E-state index in [1.807, 2.05) is 0 Å². The lowest BCUT2D eigenvalue weighted by molar-refractivity contribution is 0.0348. The Morgan fingerprint density at radius 2 is 1.83 bits per heavy atom. The van der Waals surface area contributed by atoms with Crippen LogP contribution in [0.1, 0.15) is 13.3 Å². The zero-order valence-corrected chi connectivity index (χ0v) is 7.14. The monoisotopic (exact) mass is 179 g/mol. The SMILES string of the molecule is CC(O)NC(CO)C(O)CCO. The molecule has 5 heteroatoms. The lowest BCUT2D eigenvalue weighted by Crippen LogP contribution is -2.47. The van der Waals surface area contributed by atoms with E-state index in [0.717, 1.165) is 0 Å². The van der Waals surface area contributed by atoms with Gasteiger partial charge in [0.05, 0.1) is 18.8 Å². The quantitative estimate of drug-likeness (QED) is 0.305. The fourth-order valence-electron chi connectivity index (χ4n) is 0.929. The molecule has 0 aromatic heterocycles. The Labute approximate surface area is 71.7 Å². The molecule has 5 N–H and O–H groups in total. The molecule has 0 aliphatic heterocycles. The second-order valence-corrected chi connectivity index (χ2v) is 2.71. The van der Waals surface area contributed by atoms with Gasteiger partial charge in [-0.1, -0.05) is 0 Å². The van der Waals surface area contributed by atoms with Crippen molar-refractivity contribution in [3.05, 3.63) is 0 Å². The van der Waals surface area contributed by atoms with E-state index in [2.05, 4.69) is 5.32 Å². The van der Waals surface area contributed by atoms with E-state index in [1.165, 1.54) is 6.92 Å². The third-order valence-corrected chi connectivity index (χ3v) is 1.54. The molecular weight excluding hydrogens is 162 g/mol. The standard InChI is InChI=1S/C7H17NO4/c1-5(11)8-6(4-10)7(12)2-3-9/h5-12H,2-4H2,1H3. The van der Waals surface area contributed by atoms with Crippen LogP contribution in [-0.2, 0) is 0 Å². The molecule has 0 rings (SSSR count). The highest BCUT2D eigenvalue weighted by molar-refractivity contribution is 4.74. The molecule has 0 bridgehead atoms. The third kappa shape index (κ3) is 4.63. The molecule has 0 spiro atoms. The number of rotatable bonds is 6. The maximum Gasteiger partial charge on any atom is 0.102 e. The van der Waals surface area contributed by atoms with Crippen LogP contribution < -0.4 is 5.32 Å². The Hall–Kier alpha value is -0.200. The normalized spacial score (nSPS) is 18.8. The minimum absolute atomic E-state index is 0.140. The molecule has 3 atom stereocenters.